The molecule has 0 aromatic heterocycles. The van der Waals surface area contributed by atoms with E-state index in [1.54, 1.807) is 0 Å². The van der Waals surface area contributed by atoms with Crippen LogP contribution in [0.3, 0.4) is 0 Å². The number of rotatable bonds is 6. The number of hydrogen-bond donors (Lipinski definition) is 1. The molecule has 1 N–H and O–H groups in total. The van der Waals surface area contributed by atoms with Gasteiger partial charge in [-0.25, -0.2) is 0 Å². The van der Waals surface area contributed by atoms with Gasteiger partial charge in [0.15, 0.2) is 0 Å². The Kier molecular flexibility index (Phi) is 6.00. The van der Waals surface area contributed by atoms with Gasteiger partial charge in [0.1, 0.15) is 12.4 Å². The molecular formula is C26H32N4O2. The molecule has 3 aliphatic rings. The van der Waals surface area contributed by atoms with Gasteiger partial charge >= 0.3 is 0 Å². The second-order valence-electron chi connectivity index (χ2n) is 9.22. The van der Waals surface area contributed by atoms with E-state index >= 15 is 0 Å². The summed E-state index contributed by atoms with van der Waals surface area (Å²) in [4.78, 5) is 20.0. The van der Waals surface area contributed by atoms with Crippen molar-refractivity contribution in [2.75, 3.05) is 65.2 Å². The quantitative estimate of drug-likeness (QED) is 0.712. The van der Waals surface area contributed by atoms with E-state index in [0.717, 1.165) is 69.0 Å². The minimum absolute atomic E-state index is 0.0807. The molecule has 2 aromatic rings. The van der Waals surface area contributed by atoms with Crippen molar-refractivity contribution in [3.8, 4) is 0 Å². The standard InChI is InChI=1S/C26H32N4O2/c1-28(2)11-12-30-15-13-29(14-16-30)10-9-19-7-8-21-20(17-19)18-32-25(21)24-22-5-3-4-6-23(22)27-26(24)31/h3-8,17H,9-16,18H2,1-2H3,(H,27,31). The topological polar surface area (TPSA) is 48.1 Å². The van der Waals surface area contributed by atoms with Gasteiger partial charge in [0, 0.05) is 68.2 Å². The molecule has 6 nitrogen and oxygen atoms in total. The molecule has 1 amide bonds. The zero-order valence-corrected chi connectivity index (χ0v) is 19.1. The predicted molar refractivity (Wildman–Crippen MR) is 128 cm³/mol. The lowest BCUT2D eigenvalue weighted by molar-refractivity contribution is -0.110. The third kappa shape index (κ3) is 4.31. The first-order valence-electron chi connectivity index (χ1n) is 11.6. The van der Waals surface area contributed by atoms with Crippen LogP contribution in [0.1, 0.15) is 22.3 Å². The van der Waals surface area contributed by atoms with E-state index in [-0.39, 0.29) is 5.91 Å². The summed E-state index contributed by atoms with van der Waals surface area (Å²) >= 11 is 0. The maximum absolute atomic E-state index is 12.6. The zero-order valence-electron chi connectivity index (χ0n) is 19.1. The van der Waals surface area contributed by atoms with Gasteiger partial charge in [-0.05, 0) is 32.1 Å². The van der Waals surface area contributed by atoms with Crippen molar-refractivity contribution >= 4 is 22.9 Å². The van der Waals surface area contributed by atoms with Crippen molar-refractivity contribution in [3.63, 3.8) is 0 Å². The number of para-hydroxylation sites is 1. The lowest BCUT2D eigenvalue weighted by atomic mass is 9.98. The molecule has 32 heavy (non-hydrogen) atoms. The van der Waals surface area contributed by atoms with Gasteiger partial charge in [0.05, 0.1) is 5.57 Å². The highest BCUT2D eigenvalue weighted by atomic mass is 16.5. The maximum Gasteiger partial charge on any atom is 0.260 e. The molecule has 6 heteroatoms. The summed E-state index contributed by atoms with van der Waals surface area (Å²) in [7, 11) is 4.28. The molecule has 168 valence electrons. The average molecular weight is 433 g/mol. The number of nitrogens with zero attached hydrogens (tertiary/aromatic N) is 3. The summed E-state index contributed by atoms with van der Waals surface area (Å²) < 4.78 is 6.04. The Bertz CT molecular complexity index is 1040. The van der Waals surface area contributed by atoms with Crippen LogP contribution in [-0.2, 0) is 22.6 Å². The Morgan fingerprint density at radius 2 is 1.72 bits per heavy atom. The van der Waals surface area contributed by atoms with Gasteiger partial charge in [-0.1, -0.05) is 36.4 Å². The molecule has 0 atom stereocenters. The Morgan fingerprint density at radius 1 is 0.969 bits per heavy atom. The first-order valence-corrected chi connectivity index (χ1v) is 11.6. The summed E-state index contributed by atoms with van der Waals surface area (Å²) in [5, 5.41) is 2.95. The number of benzene rings is 2. The van der Waals surface area contributed by atoms with Crippen molar-refractivity contribution in [3.05, 3.63) is 64.7 Å². The summed E-state index contributed by atoms with van der Waals surface area (Å²) in [6, 6.07) is 14.4. The molecule has 0 saturated carbocycles. The molecule has 1 saturated heterocycles. The van der Waals surface area contributed by atoms with E-state index in [2.05, 4.69) is 52.3 Å². The van der Waals surface area contributed by atoms with E-state index in [4.69, 9.17) is 4.74 Å². The molecule has 2 aromatic carbocycles. The smallest absolute Gasteiger partial charge is 0.260 e. The van der Waals surface area contributed by atoms with Crippen LogP contribution < -0.4 is 5.32 Å². The molecule has 1 fully saturated rings. The number of carbonyl (C=O) groups is 1. The van der Waals surface area contributed by atoms with E-state index in [9.17, 15) is 4.79 Å². The number of piperazine rings is 1. The molecule has 0 bridgehead atoms. The molecule has 0 spiro atoms. The number of ether oxygens (including phenoxy) is 1. The fraction of sp³-hybridized carbons (Fsp3) is 0.423. The van der Waals surface area contributed by atoms with E-state index in [1.807, 2.05) is 24.3 Å². The highest BCUT2D eigenvalue weighted by molar-refractivity contribution is 6.36. The second-order valence-corrected chi connectivity index (χ2v) is 9.22. The lowest BCUT2D eigenvalue weighted by Crippen LogP contribution is -2.48. The van der Waals surface area contributed by atoms with Crippen molar-refractivity contribution in [1.82, 2.24) is 14.7 Å². The first kappa shape index (κ1) is 21.2. The maximum atomic E-state index is 12.6. The Hall–Kier alpha value is -2.67. The van der Waals surface area contributed by atoms with Crippen LogP contribution in [-0.4, -0.2) is 80.5 Å². The first-order chi connectivity index (χ1) is 15.6. The number of fused-ring (bicyclic) bond motifs is 2. The van der Waals surface area contributed by atoms with Crippen LogP contribution in [0.25, 0.3) is 11.3 Å². The number of carbonyl (C=O) groups excluding carboxylic acids is 1. The van der Waals surface area contributed by atoms with Crippen LogP contribution in [0.15, 0.2) is 42.5 Å². The minimum atomic E-state index is -0.0807. The van der Waals surface area contributed by atoms with Gasteiger partial charge < -0.3 is 19.9 Å². The molecule has 0 aliphatic carbocycles. The van der Waals surface area contributed by atoms with E-state index < -0.39 is 0 Å². The van der Waals surface area contributed by atoms with Gasteiger partial charge in [-0.3, -0.25) is 9.69 Å². The monoisotopic (exact) mass is 432 g/mol. The SMILES string of the molecule is CN(C)CCN1CCN(CCc2ccc3c(c2)COC3=C2C(=O)Nc3ccccc32)CC1. The second kappa shape index (κ2) is 9.06. The number of hydrogen-bond acceptors (Lipinski definition) is 5. The summed E-state index contributed by atoms with van der Waals surface area (Å²) in [6.07, 6.45) is 1.04. The Labute approximate surface area is 190 Å². The molecule has 5 rings (SSSR count). The normalized spacial score (nSPS) is 20.9. The molecule has 0 radical (unpaired) electrons. The van der Waals surface area contributed by atoms with Gasteiger partial charge in [0.2, 0.25) is 0 Å². The van der Waals surface area contributed by atoms with Crippen molar-refractivity contribution in [2.45, 2.75) is 13.0 Å². The summed E-state index contributed by atoms with van der Waals surface area (Å²) in [5.74, 6) is 0.630. The highest BCUT2D eigenvalue weighted by Crippen LogP contribution is 2.41. The third-order valence-corrected chi connectivity index (χ3v) is 6.73. The third-order valence-electron chi connectivity index (χ3n) is 6.73. The number of nitrogens with one attached hydrogen (secondary N) is 1. The molecule has 3 aliphatic heterocycles. The number of anilines is 1. The molecular weight excluding hydrogens is 400 g/mol. The fourth-order valence-electron chi connectivity index (χ4n) is 4.79. The number of likely N-dealkylation sites (N-methyl/N-ethyl adjacent to an activating group) is 1. The van der Waals surface area contributed by atoms with Gasteiger partial charge in [0.25, 0.3) is 5.91 Å². The van der Waals surface area contributed by atoms with Gasteiger partial charge in [-0.2, -0.15) is 0 Å². The summed E-state index contributed by atoms with van der Waals surface area (Å²) in [6.45, 7) is 8.51. The van der Waals surface area contributed by atoms with Crippen molar-refractivity contribution in [1.29, 1.82) is 0 Å². The van der Waals surface area contributed by atoms with Crippen molar-refractivity contribution < 1.29 is 9.53 Å². The van der Waals surface area contributed by atoms with Crippen LogP contribution in [0.4, 0.5) is 5.69 Å². The average Bonchev–Trinajstić information content (AvgIpc) is 3.36. The van der Waals surface area contributed by atoms with Gasteiger partial charge in [-0.15, -0.1) is 0 Å². The zero-order chi connectivity index (χ0) is 22.1. The minimum Gasteiger partial charge on any atom is -0.487 e. The van der Waals surface area contributed by atoms with Crippen LogP contribution in [0.5, 0.6) is 0 Å². The fourth-order valence-corrected chi connectivity index (χ4v) is 4.79. The highest BCUT2D eigenvalue weighted by Gasteiger charge is 2.32. The van der Waals surface area contributed by atoms with Crippen LogP contribution in [0.2, 0.25) is 0 Å². The molecule has 3 heterocycles. The van der Waals surface area contributed by atoms with E-state index in [1.165, 1.54) is 11.1 Å². The van der Waals surface area contributed by atoms with Crippen LogP contribution >= 0.6 is 0 Å². The van der Waals surface area contributed by atoms with Crippen molar-refractivity contribution in [2.24, 2.45) is 0 Å². The number of amides is 1. The lowest BCUT2D eigenvalue weighted by Gasteiger charge is -2.35. The summed E-state index contributed by atoms with van der Waals surface area (Å²) in [5.41, 5.74) is 5.99. The predicted octanol–water partition coefficient (Wildman–Crippen LogP) is 2.76. The Morgan fingerprint density at radius 3 is 2.50 bits per heavy atom. The van der Waals surface area contributed by atoms with Crippen LogP contribution in [0, 0.1) is 0 Å². The Balaban J connectivity index is 1.22. The van der Waals surface area contributed by atoms with E-state index in [0.29, 0.717) is 17.9 Å². The largest absolute Gasteiger partial charge is 0.487 e. The molecule has 0 unspecified atom stereocenters.